The zero-order valence-corrected chi connectivity index (χ0v) is 17.0. The van der Waals surface area contributed by atoms with Crippen LogP contribution in [-0.4, -0.2) is 36.8 Å². The lowest BCUT2D eigenvalue weighted by molar-refractivity contribution is 0.0917. The number of aromatic nitrogens is 1. The summed E-state index contributed by atoms with van der Waals surface area (Å²) >= 11 is 1.55. The molecule has 0 radical (unpaired) electrons. The molecule has 3 aromatic rings. The first-order valence-electron chi connectivity index (χ1n) is 9.67. The molecule has 2 aromatic carbocycles. The van der Waals surface area contributed by atoms with Crippen molar-refractivity contribution in [2.24, 2.45) is 0 Å². The number of anilines is 1. The minimum atomic E-state index is -0.0608. The molecule has 1 atom stereocenters. The summed E-state index contributed by atoms with van der Waals surface area (Å²) in [5, 5.41) is 0.718. The van der Waals surface area contributed by atoms with Crippen LogP contribution >= 0.6 is 11.3 Å². The molecule has 1 fully saturated rings. The van der Waals surface area contributed by atoms with E-state index in [1.165, 1.54) is 5.56 Å². The number of thiazole rings is 1. The van der Waals surface area contributed by atoms with Crippen LogP contribution in [0.4, 0.5) is 5.13 Å². The Morgan fingerprint density at radius 3 is 2.82 bits per heavy atom. The van der Waals surface area contributed by atoms with E-state index in [1.807, 2.05) is 43.3 Å². The lowest BCUT2D eigenvalue weighted by Crippen LogP contribution is -2.37. The van der Waals surface area contributed by atoms with Crippen LogP contribution in [0.15, 0.2) is 42.5 Å². The molecule has 0 spiro atoms. The van der Waals surface area contributed by atoms with Crippen molar-refractivity contribution in [3.63, 3.8) is 0 Å². The van der Waals surface area contributed by atoms with Crippen LogP contribution in [0.5, 0.6) is 5.75 Å². The molecule has 2 heterocycles. The Balaban J connectivity index is 1.66. The molecular formula is C22H24N2O3S. The number of carbonyl (C=O) groups excluding carboxylic acids is 1. The number of rotatable bonds is 6. The zero-order valence-electron chi connectivity index (χ0n) is 16.2. The van der Waals surface area contributed by atoms with Crippen molar-refractivity contribution >= 4 is 32.6 Å². The molecule has 1 aliphatic rings. The first-order valence-corrected chi connectivity index (χ1v) is 10.5. The van der Waals surface area contributed by atoms with Gasteiger partial charge < -0.3 is 9.47 Å². The van der Waals surface area contributed by atoms with E-state index in [-0.39, 0.29) is 12.0 Å². The van der Waals surface area contributed by atoms with E-state index in [4.69, 9.17) is 14.5 Å². The number of aryl methyl sites for hydroxylation is 1. The molecule has 146 valence electrons. The number of fused-ring (bicyclic) bond motifs is 1. The maximum Gasteiger partial charge on any atom is 0.260 e. The third kappa shape index (κ3) is 4.03. The molecule has 5 nitrogen and oxygen atoms in total. The second kappa shape index (κ2) is 8.29. The Hall–Kier alpha value is -2.44. The average Bonchev–Trinajstić information content (AvgIpc) is 3.35. The van der Waals surface area contributed by atoms with E-state index in [1.54, 1.807) is 16.2 Å². The summed E-state index contributed by atoms with van der Waals surface area (Å²) in [6.07, 6.45) is 2.06. The molecular weight excluding hydrogens is 372 g/mol. The van der Waals surface area contributed by atoms with Crippen molar-refractivity contribution in [2.75, 3.05) is 24.7 Å². The normalized spacial score (nSPS) is 16.4. The van der Waals surface area contributed by atoms with Crippen LogP contribution in [0.2, 0.25) is 0 Å². The summed E-state index contributed by atoms with van der Waals surface area (Å²) < 4.78 is 12.4. The quantitative estimate of drug-likeness (QED) is 0.599. The predicted molar refractivity (Wildman–Crippen MR) is 113 cm³/mol. The Labute approximate surface area is 168 Å². The Morgan fingerprint density at radius 1 is 1.29 bits per heavy atom. The van der Waals surface area contributed by atoms with E-state index in [2.05, 4.69) is 13.0 Å². The molecule has 1 amide bonds. The number of carbonyl (C=O) groups is 1. The number of hydrogen-bond donors (Lipinski definition) is 0. The Morgan fingerprint density at radius 2 is 2.11 bits per heavy atom. The van der Waals surface area contributed by atoms with Gasteiger partial charge in [0.15, 0.2) is 5.13 Å². The van der Waals surface area contributed by atoms with Crippen LogP contribution in [0.25, 0.3) is 10.2 Å². The first kappa shape index (κ1) is 18.9. The predicted octanol–water partition coefficient (Wildman–Crippen LogP) is 4.83. The smallest absolute Gasteiger partial charge is 0.260 e. The molecule has 1 unspecified atom stereocenters. The van der Waals surface area contributed by atoms with Crippen molar-refractivity contribution < 1.29 is 14.3 Å². The van der Waals surface area contributed by atoms with E-state index in [0.717, 1.165) is 40.5 Å². The first-order chi connectivity index (χ1) is 13.6. The standard InChI is InChI=1S/C22H24N2O3S/c1-3-26-17-9-7-16(8-10-17)21(25)24(14-18-5-4-12-27-18)22-23-19-11-6-15(2)13-20(19)28-22/h6-11,13,18H,3-5,12,14H2,1-2H3. The van der Waals surface area contributed by atoms with Crippen molar-refractivity contribution in [1.82, 2.24) is 4.98 Å². The molecule has 1 aromatic heterocycles. The van der Waals surface area contributed by atoms with Crippen molar-refractivity contribution in [1.29, 1.82) is 0 Å². The van der Waals surface area contributed by atoms with Crippen LogP contribution in [0.3, 0.4) is 0 Å². The minimum absolute atomic E-state index is 0.0559. The van der Waals surface area contributed by atoms with Crippen LogP contribution in [0, 0.1) is 6.92 Å². The van der Waals surface area contributed by atoms with Gasteiger partial charge in [-0.15, -0.1) is 0 Å². The number of hydrogen-bond acceptors (Lipinski definition) is 5. The van der Waals surface area contributed by atoms with Crippen LogP contribution in [0.1, 0.15) is 35.7 Å². The van der Waals surface area contributed by atoms with Gasteiger partial charge in [-0.25, -0.2) is 4.98 Å². The fourth-order valence-corrected chi connectivity index (χ4v) is 4.46. The van der Waals surface area contributed by atoms with Gasteiger partial charge in [0.1, 0.15) is 5.75 Å². The van der Waals surface area contributed by atoms with Gasteiger partial charge in [-0.1, -0.05) is 17.4 Å². The molecule has 28 heavy (non-hydrogen) atoms. The molecule has 4 rings (SSSR count). The summed E-state index contributed by atoms with van der Waals surface area (Å²) in [4.78, 5) is 19.8. The van der Waals surface area contributed by atoms with Crippen molar-refractivity contribution in [3.05, 3.63) is 53.6 Å². The molecule has 6 heteroatoms. The summed E-state index contributed by atoms with van der Waals surface area (Å²) in [5.41, 5.74) is 2.73. The maximum absolute atomic E-state index is 13.3. The topological polar surface area (TPSA) is 51.7 Å². The molecule has 0 bridgehead atoms. The highest BCUT2D eigenvalue weighted by atomic mass is 32.1. The number of benzene rings is 2. The Kier molecular flexibility index (Phi) is 5.59. The SMILES string of the molecule is CCOc1ccc(C(=O)N(CC2CCCO2)c2nc3ccc(C)cc3s2)cc1. The van der Waals surface area contributed by atoms with Gasteiger partial charge in [0.25, 0.3) is 5.91 Å². The van der Waals surface area contributed by atoms with Gasteiger partial charge in [0.05, 0.1) is 29.5 Å². The van der Waals surface area contributed by atoms with Crippen LogP contribution in [-0.2, 0) is 4.74 Å². The summed E-state index contributed by atoms with van der Waals surface area (Å²) in [5.74, 6) is 0.703. The van der Waals surface area contributed by atoms with Gasteiger partial charge >= 0.3 is 0 Å². The lowest BCUT2D eigenvalue weighted by Gasteiger charge is -2.23. The maximum atomic E-state index is 13.3. The van der Waals surface area contributed by atoms with Gasteiger partial charge in [0, 0.05) is 12.2 Å². The van der Waals surface area contributed by atoms with Gasteiger partial charge in [-0.2, -0.15) is 0 Å². The number of nitrogens with zero attached hydrogens (tertiary/aromatic N) is 2. The molecule has 0 N–H and O–H groups in total. The second-order valence-electron chi connectivity index (χ2n) is 6.98. The molecule has 0 aliphatic carbocycles. The number of amides is 1. The van der Waals surface area contributed by atoms with Crippen molar-refractivity contribution in [2.45, 2.75) is 32.8 Å². The summed E-state index contributed by atoms with van der Waals surface area (Å²) in [6, 6.07) is 13.5. The highest BCUT2D eigenvalue weighted by Crippen LogP contribution is 2.31. The van der Waals surface area contributed by atoms with E-state index in [0.29, 0.717) is 18.7 Å². The summed E-state index contributed by atoms with van der Waals surface area (Å²) in [7, 11) is 0. The third-order valence-corrected chi connectivity index (χ3v) is 5.87. The third-order valence-electron chi connectivity index (χ3n) is 4.83. The van der Waals surface area contributed by atoms with Gasteiger partial charge in [-0.05, 0) is 68.7 Å². The molecule has 0 saturated carbocycles. The molecule has 1 aliphatic heterocycles. The fourth-order valence-electron chi connectivity index (χ4n) is 3.39. The molecule has 1 saturated heterocycles. The second-order valence-corrected chi connectivity index (χ2v) is 7.98. The monoisotopic (exact) mass is 396 g/mol. The largest absolute Gasteiger partial charge is 0.494 e. The number of ether oxygens (including phenoxy) is 2. The average molecular weight is 397 g/mol. The van der Waals surface area contributed by atoms with Gasteiger partial charge in [0.2, 0.25) is 0 Å². The van der Waals surface area contributed by atoms with E-state index >= 15 is 0 Å². The minimum Gasteiger partial charge on any atom is -0.494 e. The van der Waals surface area contributed by atoms with E-state index in [9.17, 15) is 4.79 Å². The van der Waals surface area contributed by atoms with Crippen LogP contribution < -0.4 is 9.64 Å². The van der Waals surface area contributed by atoms with E-state index < -0.39 is 0 Å². The fraction of sp³-hybridized carbons (Fsp3) is 0.364. The Bertz CT molecular complexity index is 962. The highest BCUT2D eigenvalue weighted by Gasteiger charge is 2.27. The lowest BCUT2D eigenvalue weighted by atomic mass is 10.1. The zero-order chi connectivity index (χ0) is 19.5. The summed E-state index contributed by atoms with van der Waals surface area (Å²) in [6.45, 7) is 5.88. The van der Waals surface area contributed by atoms with Gasteiger partial charge in [-0.3, -0.25) is 9.69 Å². The van der Waals surface area contributed by atoms with Crippen molar-refractivity contribution in [3.8, 4) is 5.75 Å². The highest BCUT2D eigenvalue weighted by molar-refractivity contribution is 7.22.